The summed E-state index contributed by atoms with van der Waals surface area (Å²) < 4.78 is 7.49. The van der Waals surface area contributed by atoms with Crippen LogP contribution in [-0.2, 0) is 17.7 Å². The van der Waals surface area contributed by atoms with Crippen LogP contribution in [0.3, 0.4) is 0 Å². The van der Waals surface area contributed by atoms with E-state index in [1.165, 1.54) is 0 Å². The summed E-state index contributed by atoms with van der Waals surface area (Å²) in [6, 6.07) is 0. The van der Waals surface area contributed by atoms with Crippen LogP contribution < -0.4 is 0 Å². The van der Waals surface area contributed by atoms with Crippen LogP contribution in [0.15, 0.2) is 11.6 Å². The lowest BCUT2D eigenvalue weighted by molar-refractivity contribution is 0.0220. The van der Waals surface area contributed by atoms with Crippen LogP contribution in [0.25, 0.3) is 4.96 Å². The number of carbonyl (C=O) groups excluding carboxylic acids is 1. The quantitative estimate of drug-likeness (QED) is 0.745. The molecule has 0 fully saturated rings. The normalized spacial score (nSPS) is 15.6. The molecule has 0 radical (unpaired) electrons. The molecule has 19 heavy (non-hydrogen) atoms. The Balaban J connectivity index is 1.83. The Kier molecular flexibility index (Phi) is 2.78. The minimum Gasteiger partial charge on any atom is -0.444 e. The van der Waals surface area contributed by atoms with E-state index in [0.717, 1.165) is 22.8 Å². The summed E-state index contributed by atoms with van der Waals surface area (Å²) in [5.74, 6) is 0. The Morgan fingerprint density at radius 1 is 1.47 bits per heavy atom. The van der Waals surface area contributed by atoms with E-state index >= 15 is 0 Å². The number of hydrogen-bond donors (Lipinski definition) is 0. The summed E-state index contributed by atoms with van der Waals surface area (Å²) in [4.78, 5) is 19.4. The van der Waals surface area contributed by atoms with Crippen LogP contribution >= 0.6 is 11.3 Å². The highest BCUT2D eigenvalue weighted by atomic mass is 32.1. The number of imidazole rings is 1. The summed E-state index contributed by atoms with van der Waals surface area (Å²) in [5, 5.41) is 2.01. The fourth-order valence-corrected chi connectivity index (χ4v) is 2.98. The van der Waals surface area contributed by atoms with Crippen LogP contribution in [-0.4, -0.2) is 32.5 Å². The number of amides is 1. The molecule has 6 heteroatoms. The Hall–Kier alpha value is -1.56. The van der Waals surface area contributed by atoms with Gasteiger partial charge in [-0.25, -0.2) is 9.78 Å². The van der Waals surface area contributed by atoms with Crippen molar-refractivity contribution in [3.63, 3.8) is 0 Å². The van der Waals surface area contributed by atoms with E-state index < -0.39 is 5.60 Å². The molecule has 0 aliphatic carbocycles. The molecule has 3 rings (SSSR count). The first-order valence-electron chi connectivity index (χ1n) is 6.35. The molecule has 0 bridgehead atoms. The Morgan fingerprint density at radius 2 is 2.26 bits per heavy atom. The van der Waals surface area contributed by atoms with Crippen LogP contribution in [0, 0.1) is 0 Å². The topological polar surface area (TPSA) is 46.8 Å². The Labute approximate surface area is 115 Å². The number of hydrogen-bond acceptors (Lipinski definition) is 4. The van der Waals surface area contributed by atoms with Gasteiger partial charge in [0.2, 0.25) is 0 Å². The smallest absolute Gasteiger partial charge is 0.410 e. The first-order valence-corrected chi connectivity index (χ1v) is 7.23. The second-order valence-electron chi connectivity index (χ2n) is 5.71. The maximum Gasteiger partial charge on any atom is 0.410 e. The lowest BCUT2D eigenvalue weighted by Crippen LogP contribution is -2.40. The van der Waals surface area contributed by atoms with E-state index in [2.05, 4.69) is 9.38 Å². The van der Waals surface area contributed by atoms with Crippen molar-refractivity contribution >= 4 is 22.4 Å². The summed E-state index contributed by atoms with van der Waals surface area (Å²) >= 11 is 1.62. The van der Waals surface area contributed by atoms with Gasteiger partial charge in [-0.3, -0.25) is 4.40 Å². The summed E-state index contributed by atoms with van der Waals surface area (Å²) in [6.07, 6.45) is 2.55. The van der Waals surface area contributed by atoms with Gasteiger partial charge in [0.25, 0.3) is 0 Å². The van der Waals surface area contributed by atoms with Crippen LogP contribution in [0.1, 0.15) is 32.2 Å². The zero-order valence-corrected chi connectivity index (χ0v) is 12.2. The molecule has 3 heterocycles. The molecule has 0 aromatic carbocycles. The largest absolute Gasteiger partial charge is 0.444 e. The molecule has 0 N–H and O–H groups in total. The number of carbonyl (C=O) groups is 1. The van der Waals surface area contributed by atoms with Gasteiger partial charge in [-0.2, -0.15) is 0 Å². The summed E-state index contributed by atoms with van der Waals surface area (Å²) in [6.45, 7) is 6.90. The zero-order chi connectivity index (χ0) is 13.6. The average molecular weight is 279 g/mol. The lowest BCUT2D eigenvalue weighted by atomic mass is 10.1. The molecular weight excluding hydrogens is 262 g/mol. The molecule has 102 valence electrons. The third kappa shape index (κ3) is 2.32. The van der Waals surface area contributed by atoms with Gasteiger partial charge in [0, 0.05) is 24.5 Å². The predicted octanol–water partition coefficient (Wildman–Crippen LogP) is 2.69. The molecule has 0 spiro atoms. The minimum absolute atomic E-state index is 0.247. The molecule has 1 aliphatic rings. The predicted molar refractivity (Wildman–Crippen MR) is 73.4 cm³/mol. The SMILES string of the molecule is CC(C)(C)OC(=O)N1CCc2nc3sccn3c2C1. The minimum atomic E-state index is -0.452. The monoisotopic (exact) mass is 279 g/mol. The highest BCUT2D eigenvalue weighted by molar-refractivity contribution is 7.15. The Morgan fingerprint density at radius 3 is 3.00 bits per heavy atom. The van der Waals surface area contributed by atoms with E-state index in [1.54, 1.807) is 16.2 Å². The standard InChI is InChI=1S/C13H17N3O2S/c1-13(2,3)18-12(17)15-5-4-9-10(8-15)16-6-7-19-11(16)14-9/h6-7H,4-5,8H2,1-3H3. The van der Waals surface area contributed by atoms with Gasteiger partial charge in [0.05, 0.1) is 17.9 Å². The van der Waals surface area contributed by atoms with Gasteiger partial charge in [0.15, 0.2) is 4.96 Å². The molecule has 2 aromatic heterocycles. The summed E-state index contributed by atoms with van der Waals surface area (Å²) in [5.41, 5.74) is 1.76. The molecule has 1 aliphatic heterocycles. The second kappa shape index (κ2) is 4.23. The van der Waals surface area contributed by atoms with Crippen molar-refractivity contribution in [1.29, 1.82) is 0 Å². The molecule has 0 atom stereocenters. The van der Waals surface area contributed by atoms with E-state index in [1.807, 2.05) is 32.3 Å². The number of nitrogens with zero attached hydrogens (tertiary/aromatic N) is 3. The first kappa shape index (κ1) is 12.5. The molecule has 0 unspecified atom stereocenters. The molecule has 5 nitrogen and oxygen atoms in total. The van der Waals surface area contributed by atoms with Crippen molar-refractivity contribution < 1.29 is 9.53 Å². The Bertz CT molecular complexity index is 623. The van der Waals surface area contributed by atoms with Gasteiger partial charge in [-0.15, -0.1) is 11.3 Å². The van der Waals surface area contributed by atoms with Crippen molar-refractivity contribution in [2.45, 2.75) is 39.3 Å². The van der Waals surface area contributed by atoms with Crippen molar-refractivity contribution in [1.82, 2.24) is 14.3 Å². The van der Waals surface area contributed by atoms with Crippen molar-refractivity contribution in [2.24, 2.45) is 0 Å². The number of aromatic nitrogens is 2. The van der Waals surface area contributed by atoms with Gasteiger partial charge in [0.1, 0.15) is 5.60 Å². The van der Waals surface area contributed by atoms with Gasteiger partial charge >= 0.3 is 6.09 Å². The maximum atomic E-state index is 12.1. The van der Waals surface area contributed by atoms with Crippen LogP contribution in [0.4, 0.5) is 4.79 Å². The number of fused-ring (bicyclic) bond motifs is 3. The summed E-state index contributed by atoms with van der Waals surface area (Å²) in [7, 11) is 0. The molecule has 0 saturated carbocycles. The fraction of sp³-hybridized carbons (Fsp3) is 0.538. The molecular formula is C13H17N3O2S. The fourth-order valence-electron chi connectivity index (χ4n) is 2.23. The molecule has 1 amide bonds. The second-order valence-corrected chi connectivity index (χ2v) is 6.59. The lowest BCUT2D eigenvalue weighted by Gasteiger charge is -2.29. The first-order chi connectivity index (χ1) is 8.94. The zero-order valence-electron chi connectivity index (χ0n) is 11.3. The highest BCUT2D eigenvalue weighted by Gasteiger charge is 2.28. The van der Waals surface area contributed by atoms with Gasteiger partial charge in [-0.1, -0.05) is 0 Å². The van der Waals surface area contributed by atoms with E-state index in [4.69, 9.17) is 4.74 Å². The van der Waals surface area contributed by atoms with E-state index in [0.29, 0.717) is 13.1 Å². The highest BCUT2D eigenvalue weighted by Crippen LogP contribution is 2.24. The van der Waals surface area contributed by atoms with E-state index in [9.17, 15) is 4.79 Å². The third-order valence-corrected chi connectivity index (χ3v) is 3.81. The average Bonchev–Trinajstić information content (AvgIpc) is 2.85. The molecule has 2 aromatic rings. The van der Waals surface area contributed by atoms with Crippen molar-refractivity contribution in [3.05, 3.63) is 23.0 Å². The maximum absolute atomic E-state index is 12.1. The number of ether oxygens (including phenoxy) is 1. The van der Waals surface area contributed by atoms with Gasteiger partial charge < -0.3 is 9.64 Å². The molecule has 0 saturated heterocycles. The van der Waals surface area contributed by atoms with E-state index in [-0.39, 0.29) is 6.09 Å². The van der Waals surface area contributed by atoms with Crippen LogP contribution in [0.5, 0.6) is 0 Å². The third-order valence-electron chi connectivity index (χ3n) is 3.05. The van der Waals surface area contributed by atoms with Gasteiger partial charge in [-0.05, 0) is 20.8 Å². The van der Waals surface area contributed by atoms with Crippen LogP contribution in [0.2, 0.25) is 0 Å². The number of thiazole rings is 1. The van der Waals surface area contributed by atoms with Crippen molar-refractivity contribution in [2.75, 3.05) is 6.54 Å². The number of rotatable bonds is 0. The van der Waals surface area contributed by atoms with Crippen molar-refractivity contribution in [3.8, 4) is 0 Å².